The van der Waals surface area contributed by atoms with Crippen LogP contribution in [0.4, 0.5) is 0 Å². The second kappa shape index (κ2) is 8.07. The van der Waals surface area contributed by atoms with Crippen LogP contribution in [-0.2, 0) is 27.4 Å². The van der Waals surface area contributed by atoms with Gasteiger partial charge in [0, 0.05) is 25.9 Å². The maximum Gasteiger partial charge on any atom is 0.341 e. The summed E-state index contributed by atoms with van der Waals surface area (Å²) in [7, 11) is -13.5. The Hall–Kier alpha value is 0.671. The van der Waals surface area contributed by atoms with Gasteiger partial charge in [-0.15, -0.1) is 0 Å². The molecule has 0 radical (unpaired) electrons. The molecule has 1 heterocycles. The second-order valence-electron chi connectivity index (χ2n) is 10.2. The van der Waals surface area contributed by atoms with Gasteiger partial charge in [-0.25, -0.2) is 12.7 Å². The smallest absolute Gasteiger partial charge is 0.341 e. The van der Waals surface area contributed by atoms with Crippen molar-refractivity contribution < 1.29 is 25.8 Å². The van der Waals surface area contributed by atoms with Crippen LogP contribution in [0.25, 0.3) is 0 Å². The number of rotatable bonds is 8. The van der Waals surface area contributed by atoms with Crippen molar-refractivity contribution in [1.82, 2.24) is 4.31 Å². The fraction of sp³-hybridized carbons (Fsp3) is 1.00. The molecule has 0 unspecified atom stereocenters. The molecule has 0 aromatic rings. The Morgan fingerprint density at radius 2 is 1.19 bits per heavy atom. The summed E-state index contributed by atoms with van der Waals surface area (Å²) in [6.45, 7) is 18.6. The first-order valence-corrected chi connectivity index (χ1v) is 23.0. The van der Waals surface area contributed by atoms with E-state index in [1.165, 1.54) is 10.6 Å². The fourth-order valence-corrected chi connectivity index (χ4v) is 14.9. The number of nitrogens with zero attached hydrogens (tertiary/aromatic N) is 1. The highest BCUT2D eigenvalue weighted by Gasteiger charge is 2.58. The van der Waals surface area contributed by atoms with Gasteiger partial charge in [-0.2, -0.15) is 0 Å². The average Bonchev–Trinajstić information content (AvgIpc) is 2.30. The molecule has 0 spiro atoms. The zero-order chi connectivity index (χ0) is 21.5. The maximum atomic E-state index is 14.3. The van der Waals surface area contributed by atoms with Gasteiger partial charge in [-0.1, -0.05) is 0 Å². The SMILES string of the molecule is C[Si](C)(C)OC1(P(=O)(O[Si](C)(C)C)O[Si](C)(C)C)CCN(S(C)(=O)=O)CC1. The van der Waals surface area contributed by atoms with Crippen LogP contribution < -0.4 is 0 Å². The first kappa shape index (κ1) is 25.7. The van der Waals surface area contributed by atoms with E-state index in [4.69, 9.17) is 12.9 Å². The Labute approximate surface area is 169 Å². The summed E-state index contributed by atoms with van der Waals surface area (Å²) < 4.78 is 58.7. The van der Waals surface area contributed by atoms with E-state index < -0.39 is 47.9 Å². The van der Waals surface area contributed by atoms with Crippen molar-refractivity contribution in [2.24, 2.45) is 0 Å². The molecule has 0 aromatic heterocycles. The predicted molar refractivity (Wildman–Crippen MR) is 119 cm³/mol. The van der Waals surface area contributed by atoms with E-state index in [9.17, 15) is 13.0 Å². The third-order valence-electron chi connectivity index (χ3n) is 3.76. The molecular weight excluding hydrogens is 437 g/mol. The zero-order valence-electron chi connectivity index (χ0n) is 18.6. The van der Waals surface area contributed by atoms with Crippen LogP contribution in [-0.4, -0.2) is 62.4 Å². The molecule has 0 bridgehead atoms. The van der Waals surface area contributed by atoms with Crippen LogP contribution >= 0.6 is 7.60 Å². The van der Waals surface area contributed by atoms with Gasteiger partial charge < -0.3 is 12.9 Å². The highest BCUT2D eigenvalue weighted by molar-refractivity contribution is 7.88. The molecule has 0 N–H and O–H groups in total. The summed E-state index contributed by atoms with van der Waals surface area (Å²) in [5.74, 6) is 0. The minimum absolute atomic E-state index is 0.261. The summed E-state index contributed by atoms with van der Waals surface area (Å²) in [5.41, 5.74) is 0. The first-order valence-electron chi connectivity index (χ1n) is 9.35. The van der Waals surface area contributed by atoms with Crippen LogP contribution in [0.15, 0.2) is 0 Å². The topological polar surface area (TPSA) is 82.1 Å². The lowest BCUT2D eigenvalue weighted by Gasteiger charge is -2.49. The Bertz CT molecular complexity index is 653. The van der Waals surface area contributed by atoms with Crippen molar-refractivity contribution in [3.8, 4) is 0 Å². The summed E-state index contributed by atoms with van der Waals surface area (Å²) >= 11 is 0. The molecule has 12 heteroatoms. The number of piperidine rings is 1. The summed E-state index contributed by atoms with van der Waals surface area (Å²) in [5, 5.41) is -1.08. The van der Waals surface area contributed by atoms with Crippen LogP contribution in [0.3, 0.4) is 0 Å². The lowest BCUT2D eigenvalue weighted by atomic mass is 10.1. The lowest BCUT2D eigenvalue weighted by molar-refractivity contribution is 0.0626. The molecule has 1 fully saturated rings. The highest BCUT2D eigenvalue weighted by Crippen LogP contribution is 2.67. The average molecular weight is 476 g/mol. The second-order valence-corrected chi connectivity index (χ2v) is 28.4. The van der Waals surface area contributed by atoms with Crippen LogP contribution in [0.5, 0.6) is 0 Å². The van der Waals surface area contributed by atoms with Crippen molar-refractivity contribution in [1.29, 1.82) is 0 Å². The fourth-order valence-electron chi connectivity index (χ4n) is 3.08. The van der Waals surface area contributed by atoms with Crippen molar-refractivity contribution in [2.75, 3.05) is 19.3 Å². The molecule has 1 aliphatic heterocycles. The highest BCUT2D eigenvalue weighted by atomic mass is 32.2. The third kappa shape index (κ3) is 7.78. The van der Waals surface area contributed by atoms with E-state index in [1.54, 1.807) is 0 Å². The monoisotopic (exact) mass is 475 g/mol. The van der Waals surface area contributed by atoms with Gasteiger partial charge in [0.15, 0.2) is 30.3 Å². The number of hydrogen-bond acceptors (Lipinski definition) is 6. The standard InChI is InChI=1S/C15H38NO6PSSi3/c1-24(18,19)16-13-11-15(12-14-16,20-25(2,3)4)23(17,21-26(5,6)7)22-27(8,9)10/h11-14H2,1-10H3. The normalized spacial score (nSPS) is 20.7. The largest absolute Gasteiger partial charge is 0.401 e. The maximum absolute atomic E-state index is 14.3. The van der Waals surface area contributed by atoms with E-state index >= 15 is 0 Å². The summed E-state index contributed by atoms with van der Waals surface area (Å²) in [6.07, 6.45) is 1.84. The van der Waals surface area contributed by atoms with Crippen LogP contribution in [0.2, 0.25) is 58.9 Å². The van der Waals surface area contributed by atoms with E-state index in [-0.39, 0.29) is 13.1 Å². The van der Waals surface area contributed by atoms with Crippen molar-refractivity contribution in [3.05, 3.63) is 0 Å². The van der Waals surface area contributed by atoms with Crippen molar-refractivity contribution in [3.63, 3.8) is 0 Å². The van der Waals surface area contributed by atoms with Gasteiger partial charge in [0.2, 0.25) is 10.0 Å². The van der Waals surface area contributed by atoms with Crippen molar-refractivity contribution in [2.45, 2.75) is 77.1 Å². The first-order chi connectivity index (χ1) is 11.7. The molecular formula is C15H38NO6PSSi3. The third-order valence-corrected chi connectivity index (χ3v) is 14.1. The molecule has 1 saturated heterocycles. The van der Waals surface area contributed by atoms with Crippen LogP contribution in [0.1, 0.15) is 12.8 Å². The minimum atomic E-state index is -3.63. The van der Waals surface area contributed by atoms with Gasteiger partial charge in [-0.05, 0) is 58.9 Å². The van der Waals surface area contributed by atoms with Gasteiger partial charge in [0.05, 0.1) is 6.26 Å². The zero-order valence-corrected chi connectivity index (χ0v) is 23.3. The molecule has 7 nitrogen and oxygen atoms in total. The molecule has 27 heavy (non-hydrogen) atoms. The Balaban J connectivity index is 3.43. The minimum Gasteiger partial charge on any atom is -0.401 e. The molecule has 0 saturated carbocycles. The van der Waals surface area contributed by atoms with E-state index in [0.717, 1.165) is 0 Å². The molecule has 1 rings (SSSR count). The quantitative estimate of drug-likeness (QED) is 0.380. The molecule has 162 valence electrons. The number of hydrogen-bond donors (Lipinski definition) is 0. The Morgan fingerprint density at radius 3 is 1.44 bits per heavy atom. The molecule has 0 aliphatic carbocycles. The molecule has 0 amide bonds. The van der Waals surface area contributed by atoms with E-state index in [0.29, 0.717) is 12.8 Å². The van der Waals surface area contributed by atoms with E-state index in [1.807, 2.05) is 58.9 Å². The predicted octanol–water partition coefficient (Wildman–Crippen LogP) is 4.49. The van der Waals surface area contributed by atoms with Crippen molar-refractivity contribution >= 4 is 42.6 Å². The van der Waals surface area contributed by atoms with Gasteiger partial charge in [0.25, 0.3) is 0 Å². The Morgan fingerprint density at radius 1 is 0.815 bits per heavy atom. The molecule has 1 aliphatic rings. The molecule has 0 atom stereocenters. The summed E-state index contributed by atoms with van der Waals surface area (Å²) in [6, 6.07) is 0. The molecule has 0 aromatic carbocycles. The number of sulfonamides is 1. The van der Waals surface area contributed by atoms with Crippen LogP contribution in [0, 0.1) is 0 Å². The lowest BCUT2D eigenvalue weighted by Crippen LogP contribution is -2.53. The van der Waals surface area contributed by atoms with Gasteiger partial charge >= 0.3 is 7.60 Å². The Kier molecular flexibility index (Phi) is 7.68. The van der Waals surface area contributed by atoms with Gasteiger partial charge in [0.1, 0.15) is 0 Å². The van der Waals surface area contributed by atoms with E-state index in [2.05, 4.69) is 0 Å². The summed E-state index contributed by atoms with van der Waals surface area (Å²) in [4.78, 5) is 0. The van der Waals surface area contributed by atoms with Gasteiger partial charge in [-0.3, -0.25) is 4.57 Å².